The molecule has 1 aliphatic rings. The first-order valence-corrected chi connectivity index (χ1v) is 6.24. The van der Waals surface area contributed by atoms with E-state index in [1.165, 1.54) is 11.3 Å². The van der Waals surface area contributed by atoms with Gasteiger partial charge in [0.05, 0.1) is 0 Å². The first-order chi connectivity index (χ1) is 7.59. The van der Waals surface area contributed by atoms with Gasteiger partial charge in [0, 0.05) is 12.5 Å². The molecule has 1 fully saturated rings. The number of rotatable bonds is 3. The summed E-state index contributed by atoms with van der Waals surface area (Å²) in [6.45, 7) is 4.88. The molecule has 1 aliphatic heterocycles. The van der Waals surface area contributed by atoms with Gasteiger partial charge in [-0.05, 0) is 12.8 Å². The normalized spacial score (nSPS) is 20.7. The molecule has 0 unspecified atom stereocenters. The zero-order valence-corrected chi connectivity index (χ0v) is 10.2. The predicted molar refractivity (Wildman–Crippen MR) is 62.0 cm³/mol. The summed E-state index contributed by atoms with van der Waals surface area (Å²) in [5.74, 6) is -0.420. The van der Waals surface area contributed by atoms with Crippen LogP contribution in [0.1, 0.15) is 37.6 Å². The smallest absolute Gasteiger partial charge is 0.326 e. The van der Waals surface area contributed by atoms with Crippen molar-refractivity contribution >= 4 is 22.4 Å². The Morgan fingerprint density at radius 1 is 1.56 bits per heavy atom. The lowest BCUT2D eigenvalue weighted by Crippen LogP contribution is -2.35. The van der Waals surface area contributed by atoms with E-state index in [1.807, 2.05) is 4.90 Å². The van der Waals surface area contributed by atoms with Gasteiger partial charge in [0.2, 0.25) is 5.13 Å². The van der Waals surface area contributed by atoms with E-state index < -0.39 is 12.0 Å². The van der Waals surface area contributed by atoms with Gasteiger partial charge in [0.1, 0.15) is 11.0 Å². The van der Waals surface area contributed by atoms with Crippen LogP contribution in [-0.2, 0) is 4.79 Å². The van der Waals surface area contributed by atoms with Gasteiger partial charge in [-0.2, -0.15) is 0 Å². The number of nitrogens with zero attached hydrogens (tertiary/aromatic N) is 3. The molecule has 5 nitrogen and oxygen atoms in total. The summed E-state index contributed by atoms with van der Waals surface area (Å²) in [4.78, 5) is 12.9. The van der Waals surface area contributed by atoms with Crippen molar-refractivity contribution < 1.29 is 9.90 Å². The average Bonchev–Trinajstić information content (AvgIpc) is 2.86. The van der Waals surface area contributed by atoms with Crippen LogP contribution in [0, 0.1) is 0 Å². The van der Waals surface area contributed by atoms with E-state index in [-0.39, 0.29) is 0 Å². The third kappa shape index (κ3) is 2.02. The zero-order chi connectivity index (χ0) is 11.7. The molecular weight excluding hydrogens is 226 g/mol. The zero-order valence-electron chi connectivity index (χ0n) is 9.38. The fraction of sp³-hybridized carbons (Fsp3) is 0.700. The number of carbonyl (C=O) groups is 1. The Hall–Kier alpha value is -1.17. The minimum Gasteiger partial charge on any atom is -0.480 e. The van der Waals surface area contributed by atoms with Crippen molar-refractivity contribution in [3.63, 3.8) is 0 Å². The highest BCUT2D eigenvalue weighted by Crippen LogP contribution is 2.30. The van der Waals surface area contributed by atoms with E-state index in [4.69, 9.17) is 5.11 Å². The van der Waals surface area contributed by atoms with Crippen molar-refractivity contribution in [2.45, 2.75) is 38.6 Å². The fourth-order valence-electron chi connectivity index (χ4n) is 1.83. The molecule has 0 aromatic carbocycles. The maximum absolute atomic E-state index is 11.0. The number of carboxylic acids is 1. The summed E-state index contributed by atoms with van der Waals surface area (Å²) in [6.07, 6.45) is 1.61. The Balaban J connectivity index is 2.19. The minimum atomic E-state index is -0.765. The molecular formula is C10H15N3O2S. The van der Waals surface area contributed by atoms with Crippen molar-refractivity contribution in [1.82, 2.24) is 10.2 Å². The summed E-state index contributed by atoms with van der Waals surface area (Å²) in [7, 11) is 0. The van der Waals surface area contributed by atoms with Crippen LogP contribution in [0.25, 0.3) is 0 Å². The predicted octanol–water partition coefficient (Wildman–Crippen LogP) is 1.71. The van der Waals surface area contributed by atoms with Crippen LogP contribution in [0.5, 0.6) is 0 Å². The van der Waals surface area contributed by atoms with Gasteiger partial charge in [-0.15, -0.1) is 10.2 Å². The van der Waals surface area contributed by atoms with Crippen LogP contribution in [0.3, 0.4) is 0 Å². The number of anilines is 1. The summed E-state index contributed by atoms with van der Waals surface area (Å²) >= 11 is 1.50. The molecule has 16 heavy (non-hydrogen) atoms. The second-order valence-electron chi connectivity index (χ2n) is 4.27. The van der Waals surface area contributed by atoms with Crippen molar-refractivity contribution in [2.24, 2.45) is 0 Å². The maximum Gasteiger partial charge on any atom is 0.326 e. The summed E-state index contributed by atoms with van der Waals surface area (Å²) in [6, 6.07) is -0.423. The van der Waals surface area contributed by atoms with Crippen LogP contribution in [0.2, 0.25) is 0 Å². The van der Waals surface area contributed by atoms with Crippen LogP contribution in [0.15, 0.2) is 0 Å². The van der Waals surface area contributed by atoms with Gasteiger partial charge in [-0.3, -0.25) is 0 Å². The molecule has 0 amide bonds. The lowest BCUT2D eigenvalue weighted by atomic mass is 10.2. The van der Waals surface area contributed by atoms with E-state index in [2.05, 4.69) is 24.0 Å². The molecule has 0 radical (unpaired) electrons. The maximum atomic E-state index is 11.0. The second kappa shape index (κ2) is 4.37. The van der Waals surface area contributed by atoms with E-state index >= 15 is 0 Å². The lowest BCUT2D eigenvalue weighted by Gasteiger charge is -2.19. The molecule has 0 bridgehead atoms. The third-order valence-electron chi connectivity index (χ3n) is 2.71. The highest BCUT2D eigenvalue weighted by molar-refractivity contribution is 7.15. The van der Waals surface area contributed by atoms with Gasteiger partial charge < -0.3 is 10.0 Å². The highest BCUT2D eigenvalue weighted by atomic mass is 32.1. The van der Waals surface area contributed by atoms with E-state index in [0.717, 1.165) is 23.1 Å². The fourth-order valence-corrected chi connectivity index (χ4v) is 2.75. The van der Waals surface area contributed by atoms with Crippen LogP contribution in [0.4, 0.5) is 5.13 Å². The molecule has 1 N–H and O–H groups in total. The molecule has 2 heterocycles. The minimum absolute atomic E-state index is 0.345. The standard InChI is InChI=1S/C10H15N3O2S/c1-6(2)8-11-12-10(16-8)13-5-3-4-7(13)9(14)15/h6-7H,3-5H2,1-2H3,(H,14,15)/t7-/m1/s1. The molecule has 1 aromatic rings. The molecule has 0 aliphatic carbocycles. The Kier molecular flexibility index (Phi) is 3.09. The quantitative estimate of drug-likeness (QED) is 0.872. The molecule has 0 saturated carbocycles. The highest BCUT2D eigenvalue weighted by Gasteiger charge is 2.32. The van der Waals surface area contributed by atoms with Gasteiger partial charge >= 0.3 is 5.97 Å². The lowest BCUT2D eigenvalue weighted by molar-refractivity contribution is -0.138. The van der Waals surface area contributed by atoms with E-state index in [1.54, 1.807) is 0 Å². The number of carboxylic acid groups (broad SMARTS) is 1. The van der Waals surface area contributed by atoms with Crippen molar-refractivity contribution in [3.8, 4) is 0 Å². The summed E-state index contributed by atoms with van der Waals surface area (Å²) < 4.78 is 0. The molecule has 2 rings (SSSR count). The largest absolute Gasteiger partial charge is 0.480 e. The first-order valence-electron chi connectivity index (χ1n) is 5.42. The van der Waals surface area contributed by atoms with Gasteiger partial charge in [-0.1, -0.05) is 25.2 Å². The summed E-state index contributed by atoms with van der Waals surface area (Å²) in [5, 5.41) is 19.0. The Labute approximate surface area is 98.1 Å². The van der Waals surface area contributed by atoms with Crippen LogP contribution < -0.4 is 4.90 Å². The Morgan fingerprint density at radius 3 is 2.88 bits per heavy atom. The molecule has 0 spiro atoms. The molecule has 1 atom stereocenters. The molecule has 1 saturated heterocycles. The number of hydrogen-bond acceptors (Lipinski definition) is 5. The Bertz CT molecular complexity index is 391. The second-order valence-corrected chi connectivity index (χ2v) is 5.25. The first kappa shape index (κ1) is 11.3. The van der Waals surface area contributed by atoms with Gasteiger partial charge in [0.25, 0.3) is 0 Å². The molecule has 1 aromatic heterocycles. The van der Waals surface area contributed by atoms with Crippen LogP contribution >= 0.6 is 11.3 Å². The van der Waals surface area contributed by atoms with Crippen LogP contribution in [-0.4, -0.2) is 33.9 Å². The number of aromatic nitrogens is 2. The average molecular weight is 241 g/mol. The Morgan fingerprint density at radius 2 is 2.31 bits per heavy atom. The SMILES string of the molecule is CC(C)c1nnc(N2CCC[C@@H]2C(=O)O)s1. The van der Waals surface area contributed by atoms with E-state index in [9.17, 15) is 4.79 Å². The van der Waals surface area contributed by atoms with Crippen molar-refractivity contribution in [1.29, 1.82) is 0 Å². The number of hydrogen-bond donors (Lipinski definition) is 1. The molecule has 88 valence electrons. The monoisotopic (exact) mass is 241 g/mol. The number of aliphatic carboxylic acids is 1. The van der Waals surface area contributed by atoms with E-state index in [0.29, 0.717) is 12.3 Å². The topological polar surface area (TPSA) is 66.3 Å². The molecule has 6 heteroatoms. The third-order valence-corrected chi connectivity index (χ3v) is 3.97. The van der Waals surface area contributed by atoms with Gasteiger partial charge in [-0.25, -0.2) is 4.79 Å². The summed E-state index contributed by atoms with van der Waals surface area (Å²) in [5.41, 5.74) is 0. The van der Waals surface area contributed by atoms with Gasteiger partial charge in [0.15, 0.2) is 0 Å². The van der Waals surface area contributed by atoms with Crippen molar-refractivity contribution in [3.05, 3.63) is 5.01 Å². The van der Waals surface area contributed by atoms with Crippen molar-refractivity contribution in [2.75, 3.05) is 11.4 Å².